The molecule has 0 N–H and O–H groups in total. The van der Waals surface area contributed by atoms with Gasteiger partial charge in [-0.3, -0.25) is 4.90 Å². The van der Waals surface area contributed by atoms with Gasteiger partial charge in [0.15, 0.2) is 0 Å². The molecule has 3 heteroatoms. The molecule has 2 nitrogen and oxygen atoms in total. The van der Waals surface area contributed by atoms with Crippen molar-refractivity contribution in [2.24, 2.45) is 0 Å². The summed E-state index contributed by atoms with van der Waals surface area (Å²) in [5.41, 5.74) is 0.0453. The molecular formula is C11H20FNO. The zero-order valence-corrected chi connectivity index (χ0v) is 9.13. The van der Waals surface area contributed by atoms with Crippen LogP contribution >= 0.6 is 0 Å². The molecule has 0 radical (unpaired) electrons. The molecule has 14 heavy (non-hydrogen) atoms. The van der Waals surface area contributed by atoms with Gasteiger partial charge in [-0.25, -0.2) is 4.39 Å². The minimum atomic E-state index is -0.633. The van der Waals surface area contributed by atoms with Crippen LogP contribution in [0.15, 0.2) is 0 Å². The predicted molar refractivity (Wildman–Crippen MR) is 54.1 cm³/mol. The van der Waals surface area contributed by atoms with Crippen molar-refractivity contribution in [3.05, 3.63) is 0 Å². The highest BCUT2D eigenvalue weighted by Gasteiger charge is 2.48. The standard InChI is InChI=1S/C11H20FNO/c1-9(2)14-8-11-4-3-5-13(11)7-10(12)6-11/h9-10H,3-8H2,1-2H3. The van der Waals surface area contributed by atoms with E-state index in [9.17, 15) is 4.39 Å². The van der Waals surface area contributed by atoms with Crippen molar-refractivity contribution in [2.75, 3.05) is 19.7 Å². The molecule has 2 fully saturated rings. The Morgan fingerprint density at radius 1 is 1.57 bits per heavy atom. The van der Waals surface area contributed by atoms with Crippen molar-refractivity contribution >= 4 is 0 Å². The molecule has 82 valence electrons. The Morgan fingerprint density at radius 3 is 3.07 bits per heavy atom. The lowest BCUT2D eigenvalue weighted by Crippen LogP contribution is -2.43. The number of nitrogens with zero attached hydrogens (tertiary/aromatic N) is 1. The molecule has 0 aromatic carbocycles. The number of ether oxygens (including phenoxy) is 1. The van der Waals surface area contributed by atoms with Gasteiger partial charge in [0.2, 0.25) is 0 Å². The molecule has 0 aliphatic carbocycles. The third kappa shape index (κ3) is 1.80. The van der Waals surface area contributed by atoms with Crippen molar-refractivity contribution in [3.8, 4) is 0 Å². The Kier molecular flexibility index (Phi) is 2.80. The van der Waals surface area contributed by atoms with Crippen molar-refractivity contribution in [1.82, 2.24) is 4.90 Å². The van der Waals surface area contributed by atoms with Gasteiger partial charge in [-0.1, -0.05) is 0 Å². The first kappa shape index (κ1) is 10.4. The average Bonchev–Trinajstić information content (AvgIpc) is 2.56. The molecule has 0 saturated carbocycles. The van der Waals surface area contributed by atoms with Crippen molar-refractivity contribution in [2.45, 2.75) is 50.9 Å². The molecular weight excluding hydrogens is 181 g/mol. The smallest absolute Gasteiger partial charge is 0.115 e. The zero-order chi connectivity index (χ0) is 10.2. The lowest BCUT2D eigenvalue weighted by Gasteiger charge is -2.32. The van der Waals surface area contributed by atoms with Gasteiger partial charge in [0, 0.05) is 18.5 Å². The number of alkyl halides is 1. The molecule has 2 rings (SSSR count). The minimum absolute atomic E-state index is 0.0453. The third-order valence-electron chi connectivity index (χ3n) is 3.45. The van der Waals surface area contributed by atoms with Crippen LogP contribution < -0.4 is 0 Å². The summed E-state index contributed by atoms with van der Waals surface area (Å²) in [6, 6.07) is 0. The van der Waals surface area contributed by atoms with E-state index in [1.807, 2.05) is 13.8 Å². The topological polar surface area (TPSA) is 12.5 Å². The van der Waals surface area contributed by atoms with E-state index in [2.05, 4.69) is 4.90 Å². The highest BCUT2D eigenvalue weighted by Crippen LogP contribution is 2.40. The molecule has 0 aromatic heterocycles. The van der Waals surface area contributed by atoms with E-state index in [4.69, 9.17) is 4.74 Å². The second-order valence-electron chi connectivity index (χ2n) is 4.94. The van der Waals surface area contributed by atoms with Gasteiger partial charge in [0.1, 0.15) is 6.17 Å². The summed E-state index contributed by atoms with van der Waals surface area (Å²) in [5, 5.41) is 0. The van der Waals surface area contributed by atoms with Gasteiger partial charge in [-0.2, -0.15) is 0 Å². The molecule has 0 amide bonds. The fraction of sp³-hybridized carbons (Fsp3) is 1.00. The quantitative estimate of drug-likeness (QED) is 0.692. The van der Waals surface area contributed by atoms with Gasteiger partial charge in [-0.05, 0) is 33.2 Å². The Hall–Kier alpha value is -0.150. The molecule has 2 heterocycles. The molecule has 0 bridgehead atoms. The highest BCUT2D eigenvalue weighted by atomic mass is 19.1. The van der Waals surface area contributed by atoms with E-state index in [-0.39, 0.29) is 11.6 Å². The van der Waals surface area contributed by atoms with Gasteiger partial charge >= 0.3 is 0 Å². The number of fused-ring (bicyclic) bond motifs is 1. The summed E-state index contributed by atoms with van der Waals surface area (Å²) in [5.74, 6) is 0. The molecule has 2 saturated heterocycles. The van der Waals surface area contributed by atoms with Crippen LogP contribution in [0.3, 0.4) is 0 Å². The van der Waals surface area contributed by atoms with Crippen LogP contribution in [0.5, 0.6) is 0 Å². The van der Waals surface area contributed by atoms with Crippen molar-refractivity contribution < 1.29 is 9.13 Å². The Morgan fingerprint density at radius 2 is 2.36 bits per heavy atom. The maximum Gasteiger partial charge on any atom is 0.115 e. The minimum Gasteiger partial charge on any atom is -0.377 e. The Balaban J connectivity index is 1.98. The van der Waals surface area contributed by atoms with Crippen LogP contribution in [-0.2, 0) is 4.74 Å². The summed E-state index contributed by atoms with van der Waals surface area (Å²) in [6.07, 6.45) is 2.62. The van der Waals surface area contributed by atoms with Crippen LogP contribution in [0.1, 0.15) is 33.1 Å². The zero-order valence-electron chi connectivity index (χ0n) is 9.13. The Labute approximate surface area is 85.4 Å². The number of halogens is 1. The fourth-order valence-corrected chi connectivity index (χ4v) is 2.77. The van der Waals surface area contributed by atoms with E-state index in [0.29, 0.717) is 19.6 Å². The lowest BCUT2D eigenvalue weighted by atomic mass is 9.95. The van der Waals surface area contributed by atoms with Gasteiger partial charge in [-0.15, -0.1) is 0 Å². The van der Waals surface area contributed by atoms with Gasteiger partial charge < -0.3 is 4.74 Å². The van der Waals surface area contributed by atoms with E-state index >= 15 is 0 Å². The second kappa shape index (κ2) is 3.78. The van der Waals surface area contributed by atoms with Crippen molar-refractivity contribution in [3.63, 3.8) is 0 Å². The van der Waals surface area contributed by atoms with Crippen LogP contribution in [0.25, 0.3) is 0 Å². The molecule has 2 aliphatic heterocycles. The first-order valence-corrected chi connectivity index (χ1v) is 5.63. The Bertz CT molecular complexity index is 209. The van der Waals surface area contributed by atoms with E-state index in [1.165, 1.54) is 6.42 Å². The van der Waals surface area contributed by atoms with E-state index in [1.54, 1.807) is 0 Å². The largest absolute Gasteiger partial charge is 0.377 e. The molecule has 0 aromatic rings. The number of rotatable bonds is 3. The first-order chi connectivity index (χ1) is 6.62. The summed E-state index contributed by atoms with van der Waals surface area (Å²) in [6.45, 7) is 6.48. The fourth-order valence-electron chi connectivity index (χ4n) is 2.77. The van der Waals surface area contributed by atoms with Crippen LogP contribution in [0.2, 0.25) is 0 Å². The van der Waals surface area contributed by atoms with E-state index < -0.39 is 6.17 Å². The first-order valence-electron chi connectivity index (χ1n) is 5.63. The number of hydrogen-bond acceptors (Lipinski definition) is 2. The summed E-state index contributed by atoms with van der Waals surface area (Å²) in [4.78, 5) is 2.29. The summed E-state index contributed by atoms with van der Waals surface area (Å²) >= 11 is 0. The van der Waals surface area contributed by atoms with Crippen molar-refractivity contribution in [1.29, 1.82) is 0 Å². The second-order valence-corrected chi connectivity index (χ2v) is 4.94. The van der Waals surface area contributed by atoms with E-state index in [0.717, 1.165) is 13.0 Å². The summed E-state index contributed by atoms with van der Waals surface area (Å²) < 4.78 is 19.0. The third-order valence-corrected chi connectivity index (χ3v) is 3.45. The molecule has 2 aliphatic rings. The van der Waals surface area contributed by atoms with Crippen LogP contribution in [-0.4, -0.2) is 42.4 Å². The summed E-state index contributed by atoms with van der Waals surface area (Å²) in [7, 11) is 0. The predicted octanol–water partition coefficient (Wildman–Crippen LogP) is 1.99. The maximum absolute atomic E-state index is 13.3. The van der Waals surface area contributed by atoms with Crippen LogP contribution in [0.4, 0.5) is 4.39 Å². The highest BCUT2D eigenvalue weighted by molar-refractivity contribution is 5.03. The van der Waals surface area contributed by atoms with Gasteiger partial charge in [0.05, 0.1) is 12.7 Å². The normalized spacial score (nSPS) is 38.1. The molecule has 2 unspecified atom stereocenters. The maximum atomic E-state index is 13.3. The molecule has 0 spiro atoms. The van der Waals surface area contributed by atoms with Crippen LogP contribution in [0, 0.1) is 0 Å². The SMILES string of the molecule is CC(C)OCC12CCCN1CC(F)C2. The lowest BCUT2D eigenvalue weighted by molar-refractivity contribution is 0.00276. The monoisotopic (exact) mass is 201 g/mol. The average molecular weight is 201 g/mol. The van der Waals surface area contributed by atoms with Gasteiger partial charge in [0.25, 0.3) is 0 Å². The molecule has 2 atom stereocenters. The number of hydrogen-bond donors (Lipinski definition) is 0.